The van der Waals surface area contributed by atoms with Gasteiger partial charge in [0.2, 0.25) is 0 Å². The Morgan fingerprint density at radius 3 is 2.34 bits per heavy atom. The molecule has 0 aliphatic heterocycles. The molecule has 3 aromatic carbocycles. The minimum absolute atomic E-state index is 0.259. The van der Waals surface area contributed by atoms with Crippen molar-refractivity contribution in [3.8, 4) is 5.69 Å². The summed E-state index contributed by atoms with van der Waals surface area (Å²) in [4.78, 5) is 12.8. The number of rotatable bonds is 4. The maximum Gasteiger partial charge on any atom is 0.417 e. The summed E-state index contributed by atoms with van der Waals surface area (Å²) in [6, 6.07) is 19.1. The molecular formula is C22H14ClF3N2O. The van der Waals surface area contributed by atoms with Crippen molar-refractivity contribution in [2.24, 2.45) is 0 Å². The van der Waals surface area contributed by atoms with Gasteiger partial charge in [-0.1, -0.05) is 60.1 Å². The van der Waals surface area contributed by atoms with Crippen molar-refractivity contribution < 1.29 is 18.0 Å². The second kappa shape index (κ2) is 7.37. The van der Waals surface area contributed by atoms with E-state index in [1.165, 1.54) is 18.2 Å². The second-order valence-corrected chi connectivity index (χ2v) is 6.88. The quantitative estimate of drug-likeness (QED) is 0.377. The lowest BCUT2D eigenvalue weighted by atomic mass is 9.99. The normalized spacial score (nSPS) is 11.7. The first kappa shape index (κ1) is 19.2. The number of alkyl halides is 3. The molecule has 0 fully saturated rings. The van der Waals surface area contributed by atoms with Crippen LogP contribution in [0.4, 0.5) is 13.2 Å². The third-order valence-corrected chi connectivity index (χ3v) is 4.92. The van der Waals surface area contributed by atoms with Gasteiger partial charge in [0, 0.05) is 10.9 Å². The molecule has 0 unspecified atom stereocenters. The molecule has 0 radical (unpaired) electrons. The largest absolute Gasteiger partial charge is 0.417 e. The zero-order valence-electron chi connectivity index (χ0n) is 14.9. The zero-order chi connectivity index (χ0) is 20.6. The van der Waals surface area contributed by atoms with E-state index in [0.717, 1.165) is 6.07 Å². The number of nitrogens with zero attached hydrogens (tertiary/aromatic N) is 2. The molecule has 7 heteroatoms. The molecule has 4 aromatic rings. The minimum atomic E-state index is -4.61. The van der Waals surface area contributed by atoms with E-state index < -0.39 is 17.5 Å². The second-order valence-electron chi connectivity index (χ2n) is 6.47. The average molecular weight is 415 g/mol. The van der Waals surface area contributed by atoms with Crippen molar-refractivity contribution in [3.05, 3.63) is 94.6 Å². The first-order valence-electron chi connectivity index (χ1n) is 8.77. The number of aromatic nitrogens is 2. The molecule has 0 amide bonds. The molecule has 29 heavy (non-hydrogen) atoms. The molecule has 0 atom stereocenters. The molecule has 0 bridgehead atoms. The summed E-state index contributed by atoms with van der Waals surface area (Å²) < 4.78 is 41.5. The number of halogens is 4. The van der Waals surface area contributed by atoms with Crippen LogP contribution in [0.1, 0.15) is 21.6 Å². The highest BCUT2D eigenvalue weighted by atomic mass is 35.5. The van der Waals surface area contributed by atoms with Gasteiger partial charge in [-0.2, -0.15) is 18.3 Å². The van der Waals surface area contributed by atoms with Gasteiger partial charge in [0.05, 0.1) is 33.9 Å². The van der Waals surface area contributed by atoms with E-state index in [2.05, 4.69) is 5.10 Å². The Labute approximate surface area is 169 Å². The highest BCUT2D eigenvalue weighted by molar-refractivity contribution is 6.32. The maximum atomic E-state index is 13.3. The number of Topliss-reactive ketones (excluding diaryl/α,β-unsaturated/α-hetero) is 1. The van der Waals surface area contributed by atoms with Crippen LogP contribution in [0.15, 0.2) is 72.8 Å². The van der Waals surface area contributed by atoms with E-state index in [4.69, 9.17) is 11.6 Å². The lowest BCUT2D eigenvalue weighted by Gasteiger charge is -2.11. The molecule has 1 heterocycles. The Morgan fingerprint density at radius 2 is 1.59 bits per heavy atom. The van der Waals surface area contributed by atoms with Gasteiger partial charge in [-0.05, 0) is 24.3 Å². The minimum Gasteiger partial charge on any atom is -0.294 e. The van der Waals surface area contributed by atoms with E-state index in [-0.39, 0.29) is 12.0 Å². The number of ketones is 1. The molecule has 0 aliphatic carbocycles. The van der Waals surface area contributed by atoms with Crippen LogP contribution in [-0.2, 0) is 12.6 Å². The molecule has 3 nitrogen and oxygen atoms in total. The van der Waals surface area contributed by atoms with Crippen LogP contribution < -0.4 is 0 Å². The first-order chi connectivity index (χ1) is 13.9. The van der Waals surface area contributed by atoms with Gasteiger partial charge in [-0.15, -0.1) is 0 Å². The Kier molecular flexibility index (Phi) is 4.88. The predicted molar refractivity (Wildman–Crippen MR) is 106 cm³/mol. The fraction of sp³-hybridized carbons (Fsp3) is 0.0909. The van der Waals surface area contributed by atoms with Crippen LogP contribution in [-0.4, -0.2) is 15.6 Å². The van der Waals surface area contributed by atoms with Gasteiger partial charge in [0.15, 0.2) is 5.78 Å². The van der Waals surface area contributed by atoms with E-state index in [1.54, 1.807) is 35.0 Å². The molecule has 0 N–H and O–H groups in total. The molecule has 146 valence electrons. The van der Waals surface area contributed by atoms with Crippen molar-refractivity contribution in [3.63, 3.8) is 0 Å². The van der Waals surface area contributed by atoms with Crippen LogP contribution in [0, 0.1) is 0 Å². The number of hydrogen-bond acceptors (Lipinski definition) is 2. The number of benzene rings is 3. The van der Waals surface area contributed by atoms with Crippen molar-refractivity contribution in [2.45, 2.75) is 12.6 Å². The zero-order valence-corrected chi connectivity index (χ0v) is 15.7. The summed E-state index contributed by atoms with van der Waals surface area (Å²) >= 11 is 6.29. The summed E-state index contributed by atoms with van der Waals surface area (Å²) in [6.45, 7) is 0. The fourth-order valence-corrected chi connectivity index (χ4v) is 3.51. The Hall–Kier alpha value is -3.12. The molecular weight excluding hydrogens is 401 g/mol. The summed E-state index contributed by atoms with van der Waals surface area (Å²) in [6.07, 6.45) is -4.86. The van der Waals surface area contributed by atoms with Crippen LogP contribution in [0.25, 0.3) is 16.6 Å². The van der Waals surface area contributed by atoms with Gasteiger partial charge >= 0.3 is 6.18 Å². The van der Waals surface area contributed by atoms with Crippen LogP contribution in [0.3, 0.4) is 0 Å². The van der Waals surface area contributed by atoms with Crippen molar-refractivity contribution in [2.75, 3.05) is 0 Å². The monoisotopic (exact) mass is 414 g/mol. The summed E-state index contributed by atoms with van der Waals surface area (Å²) in [5, 5.41) is 5.67. The molecule has 0 saturated heterocycles. The number of carbonyl (C=O) groups excluding carboxylic acids is 1. The molecule has 1 aromatic heterocycles. The lowest BCUT2D eigenvalue weighted by molar-refractivity contribution is -0.137. The Morgan fingerprint density at radius 1 is 0.931 bits per heavy atom. The Balaban J connectivity index is 1.79. The summed E-state index contributed by atoms with van der Waals surface area (Å²) in [5.41, 5.74) is 0.422. The van der Waals surface area contributed by atoms with E-state index in [9.17, 15) is 18.0 Å². The van der Waals surface area contributed by atoms with Crippen molar-refractivity contribution >= 4 is 28.3 Å². The summed E-state index contributed by atoms with van der Waals surface area (Å²) in [7, 11) is 0. The topological polar surface area (TPSA) is 34.9 Å². The standard InChI is InChI=1S/C22H14ClF3N2O/c23-17-10-4-6-12-20(17)28-19-11-5-2-8-15(19)18(27-28)13-21(29)14-7-1-3-9-16(14)22(24,25)26/h1-12H,13H2. The van der Waals surface area contributed by atoms with Gasteiger partial charge in [-0.3, -0.25) is 4.79 Å². The van der Waals surface area contributed by atoms with Gasteiger partial charge in [-0.25, -0.2) is 4.68 Å². The maximum absolute atomic E-state index is 13.3. The summed E-state index contributed by atoms with van der Waals surface area (Å²) in [5.74, 6) is -0.646. The van der Waals surface area contributed by atoms with Crippen molar-refractivity contribution in [1.82, 2.24) is 9.78 Å². The first-order valence-corrected chi connectivity index (χ1v) is 9.15. The number of hydrogen-bond donors (Lipinski definition) is 0. The van der Waals surface area contributed by atoms with Crippen LogP contribution in [0.5, 0.6) is 0 Å². The SMILES string of the molecule is O=C(Cc1nn(-c2ccccc2Cl)c2ccccc12)c1ccccc1C(F)(F)F. The molecule has 0 aliphatic rings. The highest BCUT2D eigenvalue weighted by Gasteiger charge is 2.35. The number of fused-ring (bicyclic) bond motifs is 1. The Bertz CT molecular complexity index is 1210. The fourth-order valence-electron chi connectivity index (χ4n) is 3.29. The van der Waals surface area contributed by atoms with Gasteiger partial charge in [0.25, 0.3) is 0 Å². The highest BCUT2D eigenvalue weighted by Crippen LogP contribution is 2.33. The third kappa shape index (κ3) is 3.63. The predicted octanol–water partition coefficient (Wildman–Crippen LogP) is 6.12. The van der Waals surface area contributed by atoms with Gasteiger partial charge < -0.3 is 0 Å². The molecule has 4 rings (SSSR count). The lowest BCUT2D eigenvalue weighted by Crippen LogP contribution is -2.14. The van der Waals surface area contributed by atoms with Crippen LogP contribution in [0.2, 0.25) is 5.02 Å². The van der Waals surface area contributed by atoms with Crippen LogP contribution >= 0.6 is 11.6 Å². The molecule has 0 spiro atoms. The van der Waals surface area contributed by atoms with Crippen molar-refractivity contribution in [1.29, 1.82) is 0 Å². The number of carbonyl (C=O) groups is 1. The van der Waals surface area contributed by atoms with E-state index in [0.29, 0.717) is 27.3 Å². The smallest absolute Gasteiger partial charge is 0.294 e. The van der Waals surface area contributed by atoms with E-state index >= 15 is 0 Å². The van der Waals surface area contributed by atoms with Gasteiger partial charge in [0.1, 0.15) is 0 Å². The number of para-hydroxylation sites is 2. The average Bonchev–Trinajstić information content (AvgIpc) is 3.06. The van der Waals surface area contributed by atoms with E-state index in [1.807, 2.05) is 18.2 Å². The molecule has 0 saturated carbocycles. The third-order valence-electron chi connectivity index (χ3n) is 4.61.